The van der Waals surface area contributed by atoms with Crippen molar-refractivity contribution in [2.45, 2.75) is 36.6 Å². The van der Waals surface area contributed by atoms with Gasteiger partial charge in [0.05, 0.1) is 4.92 Å². The van der Waals surface area contributed by atoms with Crippen molar-refractivity contribution in [2.75, 3.05) is 12.3 Å². The number of hydrogen-bond acceptors (Lipinski definition) is 4. The highest BCUT2D eigenvalue weighted by Gasteiger charge is 2.12. The Labute approximate surface area is 111 Å². The van der Waals surface area contributed by atoms with Gasteiger partial charge in [0.25, 0.3) is 5.69 Å². The van der Waals surface area contributed by atoms with E-state index in [9.17, 15) is 10.1 Å². The van der Waals surface area contributed by atoms with Gasteiger partial charge in [0, 0.05) is 23.1 Å². The van der Waals surface area contributed by atoms with Gasteiger partial charge < -0.3 is 5.32 Å². The number of rotatable bonds is 5. The highest BCUT2D eigenvalue weighted by molar-refractivity contribution is 7.99. The predicted molar refractivity (Wildman–Crippen MR) is 74.1 cm³/mol. The van der Waals surface area contributed by atoms with Crippen LogP contribution in [0.4, 0.5) is 5.69 Å². The molecule has 0 aliphatic carbocycles. The molecule has 0 radical (unpaired) electrons. The van der Waals surface area contributed by atoms with Crippen molar-refractivity contribution in [3.63, 3.8) is 0 Å². The standard InChI is InChI=1S/C13H18N2O2S/c16-15(17)12-4-6-13(7-5-12)18-10-8-11-3-1-2-9-14-11/h4-7,11,14H,1-3,8-10H2. The molecule has 1 saturated heterocycles. The van der Waals surface area contributed by atoms with Crippen molar-refractivity contribution in [3.8, 4) is 0 Å². The van der Waals surface area contributed by atoms with Gasteiger partial charge in [0.2, 0.25) is 0 Å². The zero-order valence-corrected chi connectivity index (χ0v) is 11.1. The molecule has 1 aromatic rings. The summed E-state index contributed by atoms with van der Waals surface area (Å²) in [5, 5.41) is 14.1. The molecule has 18 heavy (non-hydrogen) atoms. The first-order valence-corrected chi connectivity index (χ1v) is 7.35. The van der Waals surface area contributed by atoms with Gasteiger partial charge in [-0.05, 0) is 43.7 Å². The van der Waals surface area contributed by atoms with Crippen LogP contribution in [0.2, 0.25) is 0 Å². The topological polar surface area (TPSA) is 55.2 Å². The fourth-order valence-electron chi connectivity index (χ4n) is 2.15. The lowest BCUT2D eigenvalue weighted by molar-refractivity contribution is -0.384. The molecule has 1 heterocycles. The molecule has 0 saturated carbocycles. The third-order valence-electron chi connectivity index (χ3n) is 3.19. The Kier molecular flexibility index (Phi) is 5.01. The van der Waals surface area contributed by atoms with Gasteiger partial charge in [-0.25, -0.2) is 0 Å². The predicted octanol–water partition coefficient (Wildman–Crippen LogP) is 3.22. The van der Waals surface area contributed by atoms with Crippen molar-refractivity contribution >= 4 is 17.4 Å². The van der Waals surface area contributed by atoms with Crippen molar-refractivity contribution < 1.29 is 4.92 Å². The van der Waals surface area contributed by atoms with Gasteiger partial charge in [0.15, 0.2) is 0 Å². The summed E-state index contributed by atoms with van der Waals surface area (Å²) in [7, 11) is 0. The molecule has 4 nitrogen and oxygen atoms in total. The molecule has 0 spiro atoms. The van der Waals surface area contributed by atoms with E-state index < -0.39 is 0 Å². The smallest absolute Gasteiger partial charge is 0.269 e. The Bertz CT molecular complexity index is 388. The summed E-state index contributed by atoms with van der Waals surface area (Å²) in [5.74, 6) is 1.06. The van der Waals surface area contributed by atoms with Crippen LogP contribution in [0.25, 0.3) is 0 Å². The van der Waals surface area contributed by atoms with Gasteiger partial charge in [-0.1, -0.05) is 6.42 Å². The summed E-state index contributed by atoms with van der Waals surface area (Å²) in [6.45, 7) is 1.15. The van der Waals surface area contributed by atoms with Crippen molar-refractivity contribution in [1.82, 2.24) is 5.32 Å². The van der Waals surface area contributed by atoms with E-state index in [0.29, 0.717) is 6.04 Å². The number of nitro benzene ring substituents is 1. The zero-order valence-electron chi connectivity index (χ0n) is 10.3. The second kappa shape index (κ2) is 6.75. The van der Waals surface area contributed by atoms with Crippen LogP contribution in [0, 0.1) is 10.1 Å². The van der Waals surface area contributed by atoms with Crippen molar-refractivity contribution in [3.05, 3.63) is 34.4 Å². The van der Waals surface area contributed by atoms with E-state index in [-0.39, 0.29) is 10.6 Å². The van der Waals surface area contributed by atoms with Gasteiger partial charge in [0.1, 0.15) is 0 Å². The maximum atomic E-state index is 10.5. The molecule has 1 aliphatic rings. The van der Waals surface area contributed by atoms with Gasteiger partial charge in [-0.3, -0.25) is 10.1 Å². The van der Waals surface area contributed by atoms with E-state index in [2.05, 4.69) is 5.32 Å². The van der Waals surface area contributed by atoms with E-state index >= 15 is 0 Å². The molecule has 98 valence electrons. The van der Waals surface area contributed by atoms with Crippen LogP contribution in [0.3, 0.4) is 0 Å². The quantitative estimate of drug-likeness (QED) is 0.505. The Morgan fingerprint density at radius 2 is 2.11 bits per heavy atom. The number of piperidine rings is 1. The van der Waals surface area contributed by atoms with Crippen LogP contribution in [0.15, 0.2) is 29.2 Å². The number of benzene rings is 1. The summed E-state index contributed by atoms with van der Waals surface area (Å²) in [6.07, 6.45) is 5.08. The zero-order chi connectivity index (χ0) is 12.8. The van der Waals surface area contributed by atoms with Crippen LogP contribution in [-0.2, 0) is 0 Å². The number of nitrogens with one attached hydrogen (secondary N) is 1. The number of thioether (sulfide) groups is 1. The minimum absolute atomic E-state index is 0.160. The van der Waals surface area contributed by atoms with E-state index in [1.54, 1.807) is 23.9 Å². The second-order valence-corrected chi connectivity index (χ2v) is 5.70. The number of nitrogens with zero attached hydrogens (tertiary/aromatic N) is 1. The minimum atomic E-state index is -0.361. The minimum Gasteiger partial charge on any atom is -0.314 e. The monoisotopic (exact) mass is 266 g/mol. The molecule has 2 rings (SSSR count). The molecule has 1 N–H and O–H groups in total. The average Bonchev–Trinajstić information content (AvgIpc) is 2.40. The lowest BCUT2D eigenvalue weighted by Gasteiger charge is -2.23. The maximum Gasteiger partial charge on any atom is 0.269 e. The molecule has 1 fully saturated rings. The first-order chi connectivity index (χ1) is 8.75. The molecule has 1 aliphatic heterocycles. The highest BCUT2D eigenvalue weighted by Crippen LogP contribution is 2.23. The average molecular weight is 266 g/mol. The van der Waals surface area contributed by atoms with Crippen LogP contribution < -0.4 is 5.32 Å². The molecule has 0 aromatic heterocycles. The summed E-state index contributed by atoms with van der Waals surface area (Å²) >= 11 is 1.77. The Morgan fingerprint density at radius 3 is 2.72 bits per heavy atom. The third-order valence-corrected chi connectivity index (χ3v) is 4.24. The SMILES string of the molecule is O=[N+]([O-])c1ccc(SCCC2CCCCN2)cc1. The first-order valence-electron chi connectivity index (χ1n) is 6.36. The molecular formula is C13H18N2O2S. The fraction of sp³-hybridized carbons (Fsp3) is 0.538. The van der Waals surface area contributed by atoms with Crippen molar-refractivity contribution in [1.29, 1.82) is 0 Å². The summed E-state index contributed by atoms with van der Waals surface area (Å²) in [4.78, 5) is 11.3. The van der Waals surface area contributed by atoms with Gasteiger partial charge in [-0.15, -0.1) is 11.8 Å². The number of hydrogen-bond donors (Lipinski definition) is 1. The lowest BCUT2D eigenvalue weighted by atomic mass is 10.0. The van der Waals surface area contributed by atoms with Gasteiger partial charge >= 0.3 is 0 Å². The van der Waals surface area contributed by atoms with E-state index in [1.807, 2.05) is 12.1 Å². The molecule has 1 aromatic carbocycles. The number of non-ortho nitro benzene ring substituents is 1. The van der Waals surface area contributed by atoms with E-state index in [4.69, 9.17) is 0 Å². The highest BCUT2D eigenvalue weighted by atomic mass is 32.2. The molecular weight excluding hydrogens is 248 g/mol. The van der Waals surface area contributed by atoms with Crippen LogP contribution >= 0.6 is 11.8 Å². The Balaban J connectivity index is 1.74. The van der Waals surface area contributed by atoms with Gasteiger partial charge in [-0.2, -0.15) is 0 Å². The number of nitro groups is 1. The normalized spacial score (nSPS) is 19.7. The summed E-state index contributed by atoms with van der Waals surface area (Å²) < 4.78 is 0. The van der Waals surface area contributed by atoms with Crippen LogP contribution in [0.5, 0.6) is 0 Å². The third kappa shape index (κ3) is 3.99. The molecule has 0 bridgehead atoms. The maximum absolute atomic E-state index is 10.5. The van der Waals surface area contributed by atoms with Crippen LogP contribution in [0.1, 0.15) is 25.7 Å². The van der Waals surface area contributed by atoms with E-state index in [0.717, 1.165) is 17.2 Å². The molecule has 0 amide bonds. The Hall–Kier alpha value is -1.07. The lowest BCUT2D eigenvalue weighted by Crippen LogP contribution is -2.34. The largest absolute Gasteiger partial charge is 0.314 e. The first kappa shape index (κ1) is 13.4. The van der Waals surface area contributed by atoms with Crippen molar-refractivity contribution in [2.24, 2.45) is 0 Å². The summed E-state index contributed by atoms with van der Waals surface area (Å²) in [6, 6.07) is 7.46. The second-order valence-electron chi connectivity index (χ2n) is 4.53. The summed E-state index contributed by atoms with van der Waals surface area (Å²) in [5.41, 5.74) is 0.160. The van der Waals surface area contributed by atoms with E-state index in [1.165, 1.54) is 25.7 Å². The Morgan fingerprint density at radius 1 is 1.33 bits per heavy atom. The fourth-order valence-corrected chi connectivity index (χ4v) is 3.12. The molecule has 1 unspecified atom stereocenters. The molecule has 5 heteroatoms. The van der Waals surface area contributed by atoms with Crippen LogP contribution in [-0.4, -0.2) is 23.3 Å². The molecule has 1 atom stereocenters.